The Morgan fingerprint density at radius 3 is 2.47 bits per heavy atom. The molecule has 1 aromatic rings. The zero-order chi connectivity index (χ0) is 21.5. The molecule has 1 atom stereocenters. The van der Waals surface area contributed by atoms with Crippen molar-refractivity contribution in [3.05, 3.63) is 35.4 Å². The van der Waals surface area contributed by atoms with Crippen LogP contribution in [0.25, 0.3) is 0 Å². The Hall–Kier alpha value is -2.17. The minimum absolute atomic E-state index is 0.00213. The topological polar surface area (TPSA) is 62.3 Å². The third-order valence-electron chi connectivity index (χ3n) is 6.09. The fraction of sp³-hybridized carbons (Fsp3) is 0.600. The van der Waals surface area contributed by atoms with Gasteiger partial charge in [-0.3, -0.25) is 14.5 Å². The predicted octanol–water partition coefficient (Wildman–Crippen LogP) is 1.09. The van der Waals surface area contributed by atoms with Gasteiger partial charge in [0.15, 0.2) is 0 Å². The summed E-state index contributed by atoms with van der Waals surface area (Å²) >= 11 is 0. The number of benzene rings is 1. The number of nitrogens with zero attached hydrogens (tertiary/aromatic N) is 3. The lowest BCUT2D eigenvalue weighted by molar-refractivity contribution is -0.170. The van der Waals surface area contributed by atoms with E-state index >= 15 is 0 Å². The number of alkyl halides is 3. The summed E-state index contributed by atoms with van der Waals surface area (Å²) in [6, 6.07) is 4.32. The molecule has 0 radical (unpaired) electrons. The summed E-state index contributed by atoms with van der Waals surface area (Å²) in [5.41, 5.74) is -0.924. The Labute approximate surface area is 172 Å². The SMILES string of the molecule is COCC(=O)N1CC2COCCN2C2(C1)CN(C(=O)c1ccc(C(F)(F)F)cc1)C2. The van der Waals surface area contributed by atoms with Crippen LogP contribution in [0.5, 0.6) is 0 Å². The molecule has 0 N–H and O–H groups in total. The average Bonchev–Trinajstić information content (AvgIpc) is 2.70. The zero-order valence-electron chi connectivity index (χ0n) is 16.7. The molecule has 10 heteroatoms. The Morgan fingerprint density at radius 1 is 1.17 bits per heavy atom. The first-order valence-corrected chi connectivity index (χ1v) is 9.81. The van der Waals surface area contributed by atoms with Crippen molar-refractivity contribution in [2.24, 2.45) is 0 Å². The number of hydrogen-bond donors (Lipinski definition) is 0. The Bertz CT molecular complexity index is 809. The molecule has 1 aromatic carbocycles. The molecule has 3 saturated heterocycles. The van der Waals surface area contributed by atoms with Gasteiger partial charge in [0.05, 0.1) is 30.4 Å². The maximum Gasteiger partial charge on any atom is 0.416 e. The molecule has 3 fully saturated rings. The van der Waals surface area contributed by atoms with Crippen molar-refractivity contribution in [3.8, 4) is 0 Å². The van der Waals surface area contributed by atoms with E-state index in [2.05, 4.69) is 4.90 Å². The minimum Gasteiger partial charge on any atom is -0.378 e. The first-order chi connectivity index (χ1) is 14.2. The molecule has 4 rings (SSSR count). The van der Waals surface area contributed by atoms with Crippen molar-refractivity contribution in [2.45, 2.75) is 17.8 Å². The van der Waals surface area contributed by atoms with Crippen LogP contribution in [-0.4, -0.2) is 97.7 Å². The van der Waals surface area contributed by atoms with Crippen LogP contribution in [0.3, 0.4) is 0 Å². The number of carbonyl (C=O) groups is 2. The summed E-state index contributed by atoms with van der Waals surface area (Å²) in [5.74, 6) is -0.408. The predicted molar refractivity (Wildman–Crippen MR) is 99.8 cm³/mol. The largest absolute Gasteiger partial charge is 0.416 e. The number of likely N-dealkylation sites (tertiary alicyclic amines) is 1. The molecule has 0 saturated carbocycles. The van der Waals surface area contributed by atoms with Crippen LogP contribution in [0.1, 0.15) is 15.9 Å². The second kappa shape index (κ2) is 7.82. The molecule has 3 aliphatic rings. The molecule has 0 aromatic heterocycles. The fourth-order valence-electron chi connectivity index (χ4n) is 4.67. The quantitative estimate of drug-likeness (QED) is 0.723. The standard InChI is InChI=1S/C20H24F3N3O4/c1-29-10-17(27)24-8-16-9-30-7-6-26(16)19(11-24)12-25(13-19)18(28)14-2-4-15(5-3-14)20(21,22)23/h2-5,16H,6-13H2,1H3. The van der Waals surface area contributed by atoms with E-state index in [0.717, 1.165) is 18.7 Å². The number of piperazine rings is 1. The fourth-order valence-corrected chi connectivity index (χ4v) is 4.67. The first kappa shape index (κ1) is 21.1. The van der Waals surface area contributed by atoms with E-state index in [1.54, 1.807) is 9.80 Å². The average molecular weight is 427 g/mol. The van der Waals surface area contributed by atoms with Crippen molar-refractivity contribution in [3.63, 3.8) is 0 Å². The molecule has 1 unspecified atom stereocenters. The molecule has 3 aliphatic heterocycles. The van der Waals surface area contributed by atoms with Gasteiger partial charge in [-0.1, -0.05) is 0 Å². The number of carbonyl (C=O) groups excluding carboxylic acids is 2. The van der Waals surface area contributed by atoms with Gasteiger partial charge < -0.3 is 19.3 Å². The molecule has 164 valence electrons. The lowest BCUT2D eigenvalue weighted by Gasteiger charge is -2.63. The van der Waals surface area contributed by atoms with Crippen LogP contribution >= 0.6 is 0 Å². The van der Waals surface area contributed by atoms with Gasteiger partial charge in [0.2, 0.25) is 5.91 Å². The smallest absolute Gasteiger partial charge is 0.378 e. The molecule has 30 heavy (non-hydrogen) atoms. The number of halogens is 3. The van der Waals surface area contributed by atoms with Gasteiger partial charge in [-0.05, 0) is 24.3 Å². The van der Waals surface area contributed by atoms with Gasteiger partial charge in [0, 0.05) is 45.4 Å². The highest BCUT2D eigenvalue weighted by Gasteiger charge is 2.56. The molecular weight excluding hydrogens is 403 g/mol. The number of amides is 2. The summed E-state index contributed by atoms with van der Waals surface area (Å²) in [7, 11) is 1.47. The number of methoxy groups -OCH3 is 1. The van der Waals surface area contributed by atoms with Crippen LogP contribution in [0.15, 0.2) is 24.3 Å². The van der Waals surface area contributed by atoms with Gasteiger partial charge in [-0.2, -0.15) is 13.2 Å². The van der Waals surface area contributed by atoms with Gasteiger partial charge in [-0.25, -0.2) is 0 Å². The van der Waals surface area contributed by atoms with Crippen LogP contribution in [-0.2, 0) is 20.4 Å². The lowest BCUT2D eigenvalue weighted by atomic mass is 9.82. The first-order valence-electron chi connectivity index (χ1n) is 9.81. The Balaban J connectivity index is 1.47. The van der Waals surface area contributed by atoms with Crippen LogP contribution in [0, 0.1) is 0 Å². The number of rotatable bonds is 3. The molecule has 3 heterocycles. The van der Waals surface area contributed by atoms with Gasteiger partial charge in [0.25, 0.3) is 5.91 Å². The van der Waals surface area contributed by atoms with Crippen molar-refractivity contribution in [1.82, 2.24) is 14.7 Å². The van der Waals surface area contributed by atoms with E-state index < -0.39 is 11.7 Å². The van der Waals surface area contributed by atoms with E-state index in [0.29, 0.717) is 39.4 Å². The number of morpholine rings is 1. The zero-order valence-corrected chi connectivity index (χ0v) is 16.7. The number of ether oxygens (including phenoxy) is 2. The van der Waals surface area contributed by atoms with Gasteiger partial charge in [-0.15, -0.1) is 0 Å². The van der Waals surface area contributed by atoms with Gasteiger partial charge in [0.1, 0.15) is 6.61 Å². The van der Waals surface area contributed by atoms with Crippen molar-refractivity contribution >= 4 is 11.8 Å². The Morgan fingerprint density at radius 2 is 1.83 bits per heavy atom. The normalized spacial score (nSPS) is 23.8. The van der Waals surface area contributed by atoms with E-state index in [1.165, 1.54) is 19.2 Å². The third kappa shape index (κ3) is 3.79. The molecule has 0 bridgehead atoms. The van der Waals surface area contributed by atoms with E-state index in [9.17, 15) is 22.8 Å². The monoisotopic (exact) mass is 427 g/mol. The van der Waals surface area contributed by atoms with E-state index in [1.807, 2.05) is 0 Å². The maximum absolute atomic E-state index is 12.8. The van der Waals surface area contributed by atoms with Gasteiger partial charge >= 0.3 is 6.18 Å². The van der Waals surface area contributed by atoms with Crippen molar-refractivity contribution < 1.29 is 32.2 Å². The highest BCUT2D eigenvalue weighted by Crippen LogP contribution is 2.37. The second-order valence-corrected chi connectivity index (χ2v) is 8.09. The molecule has 2 amide bonds. The maximum atomic E-state index is 12.8. The molecule has 7 nitrogen and oxygen atoms in total. The van der Waals surface area contributed by atoms with Crippen molar-refractivity contribution in [1.29, 1.82) is 0 Å². The van der Waals surface area contributed by atoms with Crippen LogP contribution in [0.2, 0.25) is 0 Å². The molecule has 0 aliphatic carbocycles. The summed E-state index contributed by atoms with van der Waals surface area (Å²) < 4.78 is 48.8. The van der Waals surface area contributed by atoms with E-state index in [-0.39, 0.29) is 35.6 Å². The highest BCUT2D eigenvalue weighted by atomic mass is 19.4. The lowest BCUT2D eigenvalue weighted by Crippen LogP contribution is -2.81. The van der Waals surface area contributed by atoms with Crippen LogP contribution < -0.4 is 0 Å². The minimum atomic E-state index is -4.44. The molecule has 1 spiro atoms. The Kier molecular flexibility index (Phi) is 5.50. The summed E-state index contributed by atoms with van der Waals surface area (Å²) in [4.78, 5) is 30.9. The summed E-state index contributed by atoms with van der Waals surface area (Å²) in [6.07, 6.45) is -4.44. The molecular formula is C20H24F3N3O4. The highest BCUT2D eigenvalue weighted by molar-refractivity contribution is 5.95. The number of fused-ring (bicyclic) bond motifs is 2. The van der Waals surface area contributed by atoms with E-state index in [4.69, 9.17) is 9.47 Å². The van der Waals surface area contributed by atoms with Crippen molar-refractivity contribution in [2.75, 3.05) is 59.7 Å². The second-order valence-electron chi connectivity index (χ2n) is 8.09. The number of hydrogen-bond acceptors (Lipinski definition) is 5. The summed E-state index contributed by atoms with van der Waals surface area (Å²) in [5, 5.41) is 0. The van der Waals surface area contributed by atoms with Crippen LogP contribution in [0.4, 0.5) is 13.2 Å². The summed E-state index contributed by atoms with van der Waals surface area (Å²) in [6.45, 7) is 3.71. The third-order valence-corrected chi connectivity index (χ3v) is 6.09.